The van der Waals surface area contributed by atoms with Crippen LogP contribution >= 0.6 is 11.6 Å². The van der Waals surface area contributed by atoms with Crippen LogP contribution in [0.15, 0.2) is 24.3 Å². The summed E-state index contributed by atoms with van der Waals surface area (Å²) < 4.78 is 0. The number of hydrogen-bond acceptors (Lipinski definition) is 8. The third-order valence-electron chi connectivity index (χ3n) is 3.17. The third kappa shape index (κ3) is 5.00. The summed E-state index contributed by atoms with van der Waals surface area (Å²) in [7, 11) is 3.75. The van der Waals surface area contributed by atoms with Gasteiger partial charge in [0.25, 0.3) is 5.69 Å². The number of hydrogen-bond donors (Lipinski definition) is 2. The number of nitrogens with zero attached hydrogens (tertiary/aromatic N) is 5. The van der Waals surface area contributed by atoms with Crippen molar-refractivity contribution in [1.82, 2.24) is 20.3 Å². The van der Waals surface area contributed by atoms with Gasteiger partial charge in [0, 0.05) is 31.4 Å². The molecule has 2 N–H and O–H groups in total. The predicted molar refractivity (Wildman–Crippen MR) is 93.0 cm³/mol. The molecule has 0 fully saturated rings. The molecule has 0 aliphatic heterocycles. The van der Waals surface area contributed by atoms with E-state index in [9.17, 15) is 10.1 Å². The molecule has 0 radical (unpaired) electrons. The summed E-state index contributed by atoms with van der Waals surface area (Å²) >= 11 is 5.95. The molecule has 1 heterocycles. The van der Waals surface area contributed by atoms with Crippen LogP contribution in [0.4, 0.5) is 23.3 Å². The van der Waals surface area contributed by atoms with Gasteiger partial charge in [-0.15, -0.1) is 0 Å². The van der Waals surface area contributed by atoms with Crippen LogP contribution in [0, 0.1) is 10.1 Å². The fourth-order valence-corrected chi connectivity index (χ4v) is 2.14. The van der Waals surface area contributed by atoms with E-state index in [1.807, 2.05) is 19.0 Å². The number of nitro benzene ring substituents is 1. The molecule has 0 saturated heterocycles. The molecular weight excluding hydrogens is 334 g/mol. The molecule has 1 aromatic carbocycles. The lowest BCUT2D eigenvalue weighted by molar-refractivity contribution is -0.384. The Balaban J connectivity index is 2.16. The lowest BCUT2D eigenvalue weighted by Gasteiger charge is -2.17. The zero-order valence-corrected chi connectivity index (χ0v) is 14.1. The van der Waals surface area contributed by atoms with Crippen molar-refractivity contribution >= 4 is 34.9 Å². The van der Waals surface area contributed by atoms with Gasteiger partial charge < -0.3 is 15.5 Å². The first-order chi connectivity index (χ1) is 11.5. The Labute approximate surface area is 144 Å². The average molecular weight is 352 g/mol. The zero-order chi connectivity index (χ0) is 17.5. The number of nitrogens with one attached hydrogen (secondary N) is 2. The van der Waals surface area contributed by atoms with Crippen molar-refractivity contribution in [3.05, 3.63) is 39.7 Å². The van der Waals surface area contributed by atoms with E-state index in [2.05, 4.69) is 25.6 Å². The van der Waals surface area contributed by atoms with Crippen LogP contribution in [-0.2, 0) is 0 Å². The largest absolute Gasteiger partial charge is 0.344 e. The summed E-state index contributed by atoms with van der Waals surface area (Å²) in [5, 5.41) is 16.9. The predicted octanol–water partition coefficient (Wildman–Crippen LogP) is 2.22. The number of rotatable bonds is 8. The molecule has 0 unspecified atom stereocenters. The van der Waals surface area contributed by atoms with E-state index in [0.717, 1.165) is 19.5 Å². The highest BCUT2D eigenvalue weighted by Gasteiger charge is 2.11. The Hall–Kier alpha value is -2.52. The standard InChI is InChI=1S/C14H18ClN7O2/c1-16-7-4-8-21(2)14-19-12(15)18-13(20-14)17-10-5-3-6-11(9-10)22(23)24/h3,5-6,9,16H,4,7-8H2,1-2H3,(H,17,18,19,20). The lowest BCUT2D eigenvalue weighted by Crippen LogP contribution is -2.24. The van der Waals surface area contributed by atoms with Gasteiger partial charge in [0.05, 0.1) is 4.92 Å². The van der Waals surface area contributed by atoms with E-state index in [-0.39, 0.29) is 16.9 Å². The molecule has 0 atom stereocenters. The minimum absolute atomic E-state index is 0.0236. The van der Waals surface area contributed by atoms with Crippen molar-refractivity contribution in [1.29, 1.82) is 0 Å². The minimum atomic E-state index is -0.466. The highest BCUT2D eigenvalue weighted by Crippen LogP contribution is 2.21. The second-order valence-corrected chi connectivity index (χ2v) is 5.38. The minimum Gasteiger partial charge on any atom is -0.344 e. The Morgan fingerprint density at radius 2 is 2.12 bits per heavy atom. The van der Waals surface area contributed by atoms with Crippen molar-refractivity contribution in [3.8, 4) is 0 Å². The fourth-order valence-electron chi connectivity index (χ4n) is 1.99. The molecule has 0 bridgehead atoms. The first-order valence-corrected chi connectivity index (χ1v) is 7.66. The highest BCUT2D eigenvalue weighted by molar-refractivity contribution is 6.28. The van der Waals surface area contributed by atoms with E-state index in [4.69, 9.17) is 11.6 Å². The van der Waals surface area contributed by atoms with E-state index in [1.54, 1.807) is 12.1 Å². The molecule has 0 spiro atoms. The summed E-state index contributed by atoms with van der Waals surface area (Å²) in [5.74, 6) is 0.657. The Bertz CT molecular complexity index is 713. The number of benzene rings is 1. The molecule has 0 aliphatic carbocycles. The van der Waals surface area contributed by atoms with Crippen molar-refractivity contribution in [2.24, 2.45) is 0 Å². The van der Waals surface area contributed by atoms with Crippen molar-refractivity contribution in [2.75, 3.05) is 37.4 Å². The van der Waals surface area contributed by atoms with Crippen LogP contribution in [0.25, 0.3) is 0 Å². The van der Waals surface area contributed by atoms with E-state index < -0.39 is 4.92 Å². The normalized spacial score (nSPS) is 10.5. The SMILES string of the molecule is CNCCCN(C)c1nc(Cl)nc(Nc2cccc([N+](=O)[O-])c2)n1. The van der Waals surface area contributed by atoms with Gasteiger partial charge in [-0.1, -0.05) is 6.07 Å². The molecule has 128 valence electrons. The van der Waals surface area contributed by atoms with Gasteiger partial charge in [0.15, 0.2) is 0 Å². The summed E-state index contributed by atoms with van der Waals surface area (Å²) in [5.41, 5.74) is 0.472. The molecule has 10 heteroatoms. The van der Waals surface area contributed by atoms with Crippen molar-refractivity contribution < 1.29 is 4.92 Å². The van der Waals surface area contributed by atoms with Crippen molar-refractivity contribution in [2.45, 2.75) is 6.42 Å². The van der Waals surface area contributed by atoms with Crippen LogP contribution in [0.2, 0.25) is 5.28 Å². The topological polar surface area (TPSA) is 109 Å². The maximum absolute atomic E-state index is 10.8. The van der Waals surface area contributed by atoms with Crippen LogP contribution in [0.3, 0.4) is 0 Å². The van der Waals surface area contributed by atoms with Gasteiger partial charge in [-0.25, -0.2) is 0 Å². The molecule has 2 rings (SSSR count). The first kappa shape index (κ1) is 17.8. The number of aromatic nitrogens is 3. The second-order valence-electron chi connectivity index (χ2n) is 5.04. The average Bonchev–Trinajstić information content (AvgIpc) is 2.54. The molecule has 24 heavy (non-hydrogen) atoms. The number of nitro groups is 1. The maximum atomic E-state index is 10.8. The van der Waals surface area contributed by atoms with E-state index in [1.165, 1.54) is 12.1 Å². The van der Waals surface area contributed by atoms with Crippen LogP contribution in [-0.4, -0.2) is 47.1 Å². The number of anilines is 3. The van der Waals surface area contributed by atoms with Gasteiger partial charge >= 0.3 is 0 Å². The van der Waals surface area contributed by atoms with E-state index >= 15 is 0 Å². The third-order valence-corrected chi connectivity index (χ3v) is 3.34. The maximum Gasteiger partial charge on any atom is 0.271 e. The van der Waals surface area contributed by atoms with Gasteiger partial charge in [0.1, 0.15) is 0 Å². The Kier molecular flexibility index (Phi) is 6.21. The molecular formula is C14H18ClN7O2. The number of non-ortho nitro benzene ring substituents is 1. The molecule has 1 aromatic heterocycles. The highest BCUT2D eigenvalue weighted by atomic mass is 35.5. The summed E-state index contributed by atoms with van der Waals surface area (Å²) in [4.78, 5) is 24.6. The van der Waals surface area contributed by atoms with Crippen LogP contribution in [0.1, 0.15) is 6.42 Å². The summed E-state index contributed by atoms with van der Waals surface area (Å²) in [6, 6.07) is 6.07. The van der Waals surface area contributed by atoms with Crippen molar-refractivity contribution in [3.63, 3.8) is 0 Å². The molecule has 2 aromatic rings. The Morgan fingerprint density at radius 3 is 2.83 bits per heavy atom. The Morgan fingerprint density at radius 1 is 1.33 bits per heavy atom. The summed E-state index contributed by atoms with van der Waals surface area (Å²) in [6.07, 6.45) is 0.921. The van der Waals surface area contributed by atoms with Gasteiger partial charge in [-0.05, 0) is 37.7 Å². The molecule has 0 aliphatic rings. The molecule has 0 saturated carbocycles. The van der Waals surface area contributed by atoms with Crippen LogP contribution < -0.4 is 15.5 Å². The second kappa shape index (κ2) is 8.37. The van der Waals surface area contributed by atoms with Crippen LogP contribution in [0.5, 0.6) is 0 Å². The summed E-state index contributed by atoms with van der Waals surface area (Å²) in [6.45, 7) is 1.62. The quantitative estimate of drug-likeness (QED) is 0.423. The lowest BCUT2D eigenvalue weighted by atomic mass is 10.3. The zero-order valence-electron chi connectivity index (χ0n) is 13.4. The monoisotopic (exact) mass is 351 g/mol. The molecule has 9 nitrogen and oxygen atoms in total. The smallest absolute Gasteiger partial charge is 0.271 e. The number of halogens is 1. The fraction of sp³-hybridized carbons (Fsp3) is 0.357. The van der Waals surface area contributed by atoms with E-state index in [0.29, 0.717) is 11.6 Å². The van der Waals surface area contributed by atoms with Gasteiger partial charge in [-0.2, -0.15) is 15.0 Å². The van der Waals surface area contributed by atoms with Gasteiger partial charge in [-0.3, -0.25) is 10.1 Å². The molecule has 0 amide bonds. The first-order valence-electron chi connectivity index (χ1n) is 7.28. The van der Waals surface area contributed by atoms with Gasteiger partial charge in [0.2, 0.25) is 17.2 Å².